The molecule has 0 saturated heterocycles. The Morgan fingerprint density at radius 2 is 1.86 bits per heavy atom. The van der Waals surface area contributed by atoms with Crippen molar-refractivity contribution in [1.29, 1.82) is 0 Å². The number of imidazole rings is 1. The molecular formula is C30H33N7Na2O4. The molecule has 13 heteroatoms. The van der Waals surface area contributed by atoms with Gasteiger partial charge < -0.3 is 22.2 Å². The molecule has 2 aromatic heterocycles. The predicted octanol–water partition coefficient (Wildman–Crippen LogP) is -1.83. The van der Waals surface area contributed by atoms with E-state index in [0.717, 1.165) is 58.7 Å². The molecule has 0 radical (unpaired) electrons. The minimum absolute atomic E-state index is 0. The molecule has 2 aliphatic heterocycles. The summed E-state index contributed by atoms with van der Waals surface area (Å²) in [5, 5.41) is 25.7. The average molecular weight is 602 g/mol. The van der Waals surface area contributed by atoms with Crippen molar-refractivity contribution in [3.8, 4) is 22.5 Å². The minimum atomic E-state index is -0.792. The fourth-order valence-electron chi connectivity index (χ4n) is 5.72. The van der Waals surface area contributed by atoms with Gasteiger partial charge in [-0.3, -0.25) is 4.79 Å². The Labute approximate surface area is 296 Å². The van der Waals surface area contributed by atoms with Gasteiger partial charge in [0, 0.05) is 31.5 Å². The number of tetrazole rings is 1. The van der Waals surface area contributed by atoms with Crippen molar-refractivity contribution in [2.75, 3.05) is 13.2 Å². The second kappa shape index (κ2) is 14.3. The number of esters is 1. The summed E-state index contributed by atoms with van der Waals surface area (Å²) in [4.78, 5) is 32.3. The van der Waals surface area contributed by atoms with E-state index in [9.17, 15) is 14.7 Å². The van der Waals surface area contributed by atoms with E-state index in [0.29, 0.717) is 25.3 Å². The molecule has 1 amide bonds. The number of amides is 1. The monoisotopic (exact) mass is 601 g/mol. The summed E-state index contributed by atoms with van der Waals surface area (Å²) in [5.74, 6) is -0.105. The smallest absolute Gasteiger partial charge is 1.00 e. The molecule has 1 unspecified atom stereocenters. The minimum Gasteiger partial charge on any atom is -1.00 e. The van der Waals surface area contributed by atoms with Crippen LogP contribution in [-0.4, -0.2) is 65.2 Å². The summed E-state index contributed by atoms with van der Waals surface area (Å²) in [6, 6.07) is 15.4. The summed E-state index contributed by atoms with van der Waals surface area (Å²) in [7, 11) is 0. The van der Waals surface area contributed by atoms with Gasteiger partial charge in [-0.25, -0.2) is 9.78 Å². The van der Waals surface area contributed by atoms with Crippen molar-refractivity contribution in [2.45, 2.75) is 52.1 Å². The quantitative estimate of drug-likeness (QED) is 0.130. The molecule has 0 spiro atoms. The van der Waals surface area contributed by atoms with Crippen molar-refractivity contribution < 1.29 is 81.4 Å². The Bertz CT molecular complexity index is 1650. The first-order chi connectivity index (χ1) is 20.0. The van der Waals surface area contributed by atoms with Crippen LogP contribution in [0.4, 0.5) is 0 Å². The van der Waals surface area contributed by atoms with Crippen molar-refractivity contribution in [3.05, 3.63) is 82.6 Å². The Balaban J connectivity index is 0.00000176. The number of fused-ring (bicyclic) bond motifs is 3. The zero-order valence-electron chi connectivity index (χ0n) is 27.0. The molecule has 214 valence electrons. The maximum Gasteiger partial charge on any atom is 1.00 e. The molecule has 2 aliphatic rings. The van der Waals surface area contributed by atoms with Crippen LogP contribution in [0.2, 0.25) is 0 Å². The van der Waals surface area contributed by atoms with Gasteiger partial charge in [0.15, 0.2) is 5.57 Å². The summed E-state index contributed by atoms with van der Waals surface area (Å²) >= 11 is 0. The Kier molecular flexibility index (Phi) is 11.0. The van der Waals surface area contributed by atoms with Gasteiger partial charge in [-0.1, -0.05) is 61.9 Å². The zero-order chi connectivity index (χ0) is 28.5. The number of hydrogen-bond acceptors (Lipinski definition) is 8. The summed E-state index contributed by atoms with van der Waals surface area (Å²) in [6.07, 6.45) is 3.30. The van der Waals surface area contributed by atoms with Crippen LogP contribution in [0.15, 0.2) is 59.9 Å². The number of carbonyl (C=O) groups is 2. The van der Waals surface area contributed by atoms with Crippen molar-refractivity contribution >= 4 is 11.9 Å². The predicted molar refractivity (Wildman–Crippen MR) is 152 cm³/mol. The van der Waals surface area contributed by atoms with Crippen LogP contribution in [0.1, 0.15) is 58.4 Å². The molecule has 11 nitrogen and oxygen atoms in total. The number of aromatic amines is 1. The molecule has 4 aromatic rings. The Morgan fingerprint density at radius 1 is 1.12 bits per heavy atom. The third-order valence-corrected chi connectivity index (χ3v) is 7.66. The second-order valence-electron chi connectivity index (χ2n) is 10.2. The fourth-order valence-corrected chi connectivity index (χ4v) is 5.72. The summed E-state index contributed by atoms with van der Waals surface area (Å²) in [6.45, 7) is 4.81. The zero-order valence-corrected chi connectivity index (χ0v) is 29.0. The molecule has 0 fully saturated rings. The SMILES string of the molecule is CCCCc1nc2c(n1Cc1ccc(-c3ccccc3-c3nn[nH]n3)cc1)C1C(O)=C(C(=O)OCC)C(=O)N1CC2.[H-].[H-].[Na+].[Na+]. The Morgan fingerprint density at radius 3 is 2.53 bits per heavy atom. The fraction of sp³-hybridized carbons (Fsp3) is 0.333. The number of H-pyrrole nitrogens is 1. The molecule has 0 saturated carbocycles. The van der Waals surface area contributed by atoms with E-state index in [1.165, 1.54) is 0 Å². The van der Waals surface area contributed by atoms with E-state index in [1.54, 1.807) is 11.8 Å². The van der Waals surface area contributed by atoms with Crippen molar-refractivity contribution in [1.82, 2.24) is 35.1 Å². The summed E-state index contributed by atoms with van der Waals surface area (Å²) < 4.78 is 7.20. The number of aryl methyl sites for hydroxylation is 1. The van der Waals surface area contributed by atoms with Crippen LogP contribution in [0.5, 0.6) is 0 Å². The first-order valence-electron chi connectivity index (χ1n) is 13.9. The first-order valence-corrected chi connectivity index (χ1v) is 13.9. The number of nitrogens with zero attached hydrogens (tertiary/aromatic N) is 6. The van der Waals surface area contributed by atoms with Crippen LogP contribution >= 0.6 is 0 Å². The molecule has 4 heterocycles. The molecule has 1 atom stereocenters. The van der Waals surface area contributed by atoms with Crippen molar-refractivity contribution in [3.63, 3.8) is 0 Å². The standard InChI is InChI=1S/C30H31N7O4.2Na.2H/c1-3-5-10-23-31-22-15-16-36-26(27(38)24(29(36)39)30(40)41-4-2)25(22)37(23)17-18-11-13-19(14-12-18)20-8-6-7-9-21(20)28-32-34-35-33-28;;;;/h6-9,11-14,26,38H,3-5,10,15-17H2,1-2H3,(H,32,33,34,35);;;;/q;2*+1;2*-1. The van der Waals surface area contributed by atoms with Gasteiger partial charge in [-0.15, -0.1) is 10.2 Å². The Hall–Kier alpha value is -2.80. The molecule has 0 aliphatic carbocycles. The van der Waals surface area contributed by atoms with Gasteiger partial charge in [-0.2, -0.15) is 5.21 Å². The third-order valence-electron chi connectivity index (χ3n) is 7.66. The van der Waals surface area contributed by atoms with E-state index in [2.05, 4.69) is 56.4 Å². The van der Waals surface area contributed by atoms with E-state index in [1.807, 2.05) is 24.3 Å². The number of nitrogens with one attached hydrogen (secondary N) is 1. The number of aromatic nitrogens is 6. The molecule has 2 N–H and O–H groups in total. The van der Waals surface area contributed by atoms with Gasteiger partial charge in [0.2, 0.25) is 5.82 Å². The first kappa shape index (κ1) is 33.1. The largest absolute Gasteiger partial charge is 1.00 e. The maximum absolute atomic E-state index is 13.2. The second-order valence-corrected chi connectivity index (χ2v) is 10.2. The van der Waals surface area contributed by atoms with Crippen LogP contribution in [0.3, 0.4) is 0 Å². The van der Waals surface area contributed by atoms with E-state index < -0.39 is 17.9 Å². The number of aliphatic hydroxyl groups excluding tert-OH is 1. The van der Waals surface area contributed by atoms with Crippen LogP contribution < -0.4 is 59.1 Å². The molecule has 43 heavy (non-hydrogen) atoms. The van der Waals surface area contributed by atoms with E-state index in [4.69, 9.17) is 9.72 Å². The molecule has 2 aromatic carbocycles. The number of aliphatic hydroxyl groups is 1. The van der Waals surface area contributed by atoms with E-state index >= 15 is 0 Å². The molecular weight excluding hydrogens is 568 g/mol. The van der Waals surface area contributed by atoms with Gasteiger partial charge in [0.05, 0.1) is 18.0 Å². The van der Waals surface area contributed by atoms with Gasteiger partial charge in [0.1, 0.15) is 17.6 Å². The molecule has 6 rings (SSSR count). The number of hydrogen-bond donors (Lipinski definition) is 2. The van der Waals surface area contributed by atoms with Crippen LogP contribution in [0.25, 0.3) is 22.5 Å². The van der Waals surface area contributed by atoms with E-state index in [-0.39, 0.29) is 79.9 Å². The number of ether oxygens (including phenoxy) is 1. The number of unbranched alkanes of at least 4 members (excludes halogenated alkanes) is 1. The molecule has 0 bridgehead atoms. The van der Waals surface area contributed by atoms with Gasteiger partial charge >= 0.3 is 65.1 Å². The van der Waals surface area contributed by atoms with Gasteiger partial charge in [-0.05, 0) is 35.2 Å². The number of carbonyl (C=O) groups excluding carboxylic acids is 2. The normalized spacial score (nSPS) is 15.4. The van der Waals surface area contributed by atoms with Gasteiger partial charge in [0.25, 0.3) is 5.91 Å². The van der Waals surface area contributed by atoms with Crippen molar-refractivity contribution in [2.24, 2.45) is 0 Å². The summed E-state index contributed by atoms with van der Waals surface area (Å²) in [5.41, 5.74) is 5.26. The maximum atomic E-state index is 13.2. The number of rotatable bonds is 9. The topological polar surface area (TPSA) is 139 Å². The number of benzene rings is 2. The van der Waals surface area contributed by atoms with Crippen LogP contribution in [0, 0.1) is 0 Å². The third kappa shape index (κ3) is 6.25. The van der Waals surface area contributed by atoms with Crippen LogP contribution in [-0.2, 0) is 33.7 Å². The average Bonchev–Trinajstić information content (AvgIpc) is 3.70.